The maximum atomic E-state index is 4.60. The molecule has 0 bridgehead atoms. The molecular formula is C18H21N3. The average molecular weight is 279 g/mol. The normalized spacial score (nSPS) is 12.7. The molecule has 2 aromatic heterocycles. The van der Waals surface area contributed by atoms with Gasteiger partial charge in [-0.05, 0) is 38.5 Å². The second-order valence-electron chi connectivity index (χ2n) is 5.59. The van der Waals surface area contributed by atoms with Gasteiger partial charge < -0.3 is 9.72 Å². The van der Waals surface area contributed by atoms with Gasteiger partial charge in [0.25, 0.3) is 0 Å². The van der Waals surface area contributed by atoms with Crippen LogP contribution in [0.4, 0.5) is 0 Å². The molecule has 21 heavy (non-hydrogen) atoms. The first-order chi connectivity index (χ1) is 10.1. The molecule has 0 saturated heterocycles. The minimum absolute atomic E-state index is 0.319. The van der Waals surface area contributed by atoms with E-state index in [4.69, 9.17) is 0 Å². The molecule has 3 heteroatoms. The highest BCUT2D eigenvalue weighted by molar-refractivity contribution is 5.42. The molecule has 1 atom stereocenters. The van der Waals surface area contributed by atoms with Crippen molar-refractivity contribution >= 4 is 5.65 Å². The van der Waals surface area contributed by atoms with E-state index in [-0.39, 0.29) is 0 Å². The van der Waals surface area contributed by atoms with Gasteiger partial charge in [-0.2, -0.15) is 0 Å². The quantitative estimate of drug-likeness (QED) is 0.787. The predicted molar refractivity (Wildman–Crippen MR) is 86.4 cm³/mol. The number of aryl methyl sites for hydroxylation is 2. The molecule has 0 aliphatic carbocycles. The number of nitrogens with one attached hydrogen (secondary N) is 1. The summed E-state index contributed by atoms with van der Waals surface area (Å²) in [5.41, 5.74) is 5.93. The first-order valence-electron chi connectivity index (χ1n) is 7.37. The summed E-state index contributed by atoms with van der Waals surface area (Å²) in [7, 11) is 0. The van der Waals surface area contributed by atoms with Crippen LogP contribution in [-0.2, 0) is 6.54 Å². The number of hydrogen-bond acceptors (Lipinski definition) is 2. The van der Waals surface area contributed by atoms with Crippen molar-refractivity contribution in [3.05, 3.63) is 71.2 Å². The minimum Gasteiger partial charge on any atom is -0.305 e. The minimum atomic E-state index is 0.319. The second-order valence-corrected chi connectivity index (χ2v) is 5.59. The van der Waals surface area contributed by atoms with Crippen molar-refractivity contribution in [3.8, 4) is 0 Å². The van der Waals surface area contributed by atoms with Crippen molar-refractivity contribution in [1.82, 2.24) is 14.7 Å². The lowest BCUT2D eigenvalue weighted by molar-refractivity contribution is 0.564. The molecule has 108 valence electrons. The molecule has 1 aromatic carbocycles. The van der Waals surface area contributed by atoms with Crippen LogP contribution in [0.5, 0.6) is 0 Å². The highest BCUT2D eigenvalue weighted by atomic mass is 15.0. The van der Waals surface area contributed by atoms with E-state index in [1.165, 1.54) is 16.8 Å². The highest BCUT2D eigenvalue weighted by Gasteiger charge is 2.10. The molecule has 3 aromatic rings. The Labute approximate surface area is 125 Å². The lowest BCUT2D eigenvalue weighted by atomic mass is 10.1. The third kappa shape index (κ3) is 2.83. The van der Waals surface area contributed by atoms with Crippen LogP contribution in [0, 0.1) is 13.8 Å². The van der Waals surface area contributed by atoms with Gasteiger partial charge in [-0.1, -0.05) is 35.9 Å². The van der Waals surface area contributed by atoms with E-state index < -0.39 is 0 Å². The summed E-state index contributed by atoms with van der Waals surface area (Å²) in [6, 6.07) is 15.1. The van der Waals surface area contributed by atoms with E-state index in [9.17, 15) is 0 Å². The molecular weight excluding hydrogens is 258 g/mol. The van der Waals surface area contributed by atoms with Crippen molar-refractivity contribution in [2.24, 2.45) is 0 Å². The van der Waals surface area contributed by atoms with Crippen molar-refractivity contribution < 1.29 is 0 Å². The Morgan fingerprint density at radius 2 is 1.86 bits per heavy atom. The molecule has 0 saturated carbocycles. The van der Waals surface area contributed by atoms with Crippen molar-refractivity contribution in [3.63, 3.8) is 0 Å². The Hall–Kier alpha value is -2.13. The number of benzene rings is 1. The first-order valence-corrected chi connectivity index (χ1v) is 7.37. The fraction of sp³-hybridized carbons (Fsp3) is 0.278. The van der Waals surface area contributed by atoms with Gasteiger partial charge in [0.15, 0.2) is 0 Å². The summed E-state index contributed by atoms with van der Waals surface area (Å²) in [4.78, 5) is 4.60. The maximum absolute atomic E-state index is 4.60. The Balaban J connectivity index is 1.77. The van der Waals surface area contributed by atoms with Crippen molar-refractivity contribution in [2.45, 2.75) is 33.4 Å². The van der Waals surface area contributed by atoms with E-state index in [0.29, 0.717) is 6.04 Å². The molecule has 0 unspecified atom stereocenters. The monoisotopic (exact) mass is 279 g/mol. The molecule has 0 amide bonds. The van der Waals surface area contributed by atoms with Crippen LogP contribution in [0.15, 0.2) is 48.7 Å². The molecule has 0 radical (unpaired) electrons. The van der Waals surface area contributed by atoms with Gasteiger partial charge in [0.05, 0.1) is 11.4 Å². The van der Waals surface area contributed by atoms with Crippen LogP contribution < -0.4 is 5.32 Å². The van der Waals surface area contributed by atoms with Crippen LogP contribution >= 0.6 is 0 Å². The average Bonchev–Trinajstić information content (AvgIpc) is 2.81. The van der Waals surface area contributed by atoms with Gasteiger partial charge in [-0.15, -0.1) is 0 Å². The van der Waals surface area contributed by atoms with Crippen LogP contribution in [0.25, 0.3) is 5.65 Å². The zero-order chi connectivity index (χ0) is 14.8. The molecule has 1 N–H and O–H groups in total. The van der Waals surface area contributed by atoms with E-state index in [2.05, 4.69) is 65.9 Å². The Bertz CT molecular complexity index is 741. The Morgan fingerprint density at radius 3 is 2.62 bits per heavy atom. The van der Waals surface area contributed by atoms with Gasteiger partial charge >= 0.3 is 0 Å². The fourth-order valence-electron chi connectivity index (χ4n) is 2.60. The first kappa shape index (κ1) is 13.8. The number of aromatic nitrogens is 2. The third-order valence-corrected chi connectivity index (χ3v) is 3.98. The topological polar surface area (TPSA) is 29.3 Å². The molecule has 0 aliphatic heterocycles. The van der Waals surface area contributed by atoms with Crippen molar-refractivity contribution in [1.29, 1.82) is 0 Å². The van der Waals surface area contributed by atoms with Crippen molar-refractivity contribution in [2.75, 3.05) is 0 Å². The summed E-state index contributed by atoms with van der Waals surface area (Å²) >= 11 is 0. The van der Waals surface area contributed by atoms with E-state index in [1.54, 1.807) is 0 Å². The third-order valence-electron chi connectivity index (χ3n) is 3.98. The van der Waals surface area contributed by atoms with E-state index in [1.807, 2.05) is 18.2 Å². The lowest BCUT2D eigenvalue weighted by Gasteiger charge is -2.15. The van der Waals surface area contributed by atoms with E-state index >= 15 is 0 Å². The summed E-state index contributed by atoms with van der Waals surface area (Å²) in [5.74, 6) is 0. The van der Waals surface area contributed by atoms with Gasteiger partial charge in [0.1, 0.15) is 5.65 Å². The fourth-order valence-corrected chi connectivity index (χ4v) is 2.60. The summed E-state index contributed by atoms with van der Waals surface area (Å²) < 4.78 is 2.16. The summed E-state index contributed by atoms with van der Waals surface area (Å²) in [5, 5.41) is 3.59. The second kappa shape index (κ2) is 5.70. The number of pyridine rings is 1. The summed E-state index contributed by atoms with van der Waals surface area (Å²) in [6.07, 6.45) is 2.07. The Morgan fingerprint density at radius 1 is 1.10 bits per heavy atom. The zero-order valence-corrected chi connectivity index (χ0v) is 12.8. The number of fused-ring (bicyclic) bond motifs is 1. The van der Waals surface area contributed by atoms with Gasteiger partial charge in [-0.3, -0.25) is 0 Å². The molecule has 2 heterocycles. The Kier molecular flexibility index (Phi) is 3.76. The smallest absolute Gasteiger partial charge is 0.137 e. The lowest BCUT2D eigenvalue weighted by Crippen LogP contribution is -2.19. The maximum Gasteiger partial charge on any atom is 0.137 e. The van der Waals surface area contributed by atoms with Crippen LogP contribution in [0.3, 0.4) is 0 Å². The predicted octanol–water partition coefficient (Wildman–Crippen LogP) is 3.80. The van der Waals surface area contributed by atoms with Crippen LogP contribution in [0.2, 0.25) is 0 Å². The van der Waals surface area contributed by atoms with Crippen LogP contribution in [-0.4, -0.2) is 9.38 Å². The van der Waals surface area contributed by atoms with E-state index in [0.717, 1.165) is 17.9 Å². The molecule has 0 aliphatic rings. The highest BCUT2D eigenvalue weighted by Crippen LogP contribution is 2.16. The number of rotatable bonds is 4. The standard InChI is InChI=1S/C18H21N3/c1-13-7-9-16(10-8-13)14(2)19-12-17-15(3)20-18-6-4-5-11-21(17)18/h4-11,14,19H,12H2,1-3H3/t14-/m0/s1. The van der Waals surface area contributed by atoms with Gasteiger partial charge in [-0.25, -0.2) is 4.98 Å². The molecule has 0 spiro atoms. The van der Waals surface area contributed by atoms with Gasteiger partial charge in [0.2, 0.25) is 0 Å². The zero-order valence-electron chi connectivity index (χ0n) is 12.8. The largest absolute Gasteiger partial charge is 0.305 e. The molecule has 0 fully saturated rings. The summed E-state index contributed by atoms with van der Waals surface area (Å²) in [6.45, 7) is 7.19. The molecule has 3 nitrogen and oxygen atoms in total. The van der Waals surface area contributed by atoms with Crippen LogP contribution in [0.1, 0.15) is 35.5 Å². The van der Waals surface area contributed by atoms with Gasteiger partial charge in [0, 0.05) is 18.8 Å². The number of imidazole rings is 1. The molecule has 3 rings (SSSR count). The number of nitrogens with zero attached hydrogens (tertiary/aromatic N) is 2. The SMILES string of the molecule is Cc1ccc([C@H](C)NCc2c(C)nc3ccccn23)cc1. The number of hydrogen-bond donors (Lipinski definition) is 1.